The number of rotatable bonds is 7. The van der Waals surface area contributed by atoms with E-state index in [0.29, 0.717) is 11.1 Å². The summed E-state index contributed by atoms with van der Waals surface area (Å²) in [4.78, 5) is 27.8. The van der Waals surface area contributed by atoms with Crippen LogP contribution in [-0.2, 0) is 22.6 Å². The van der Waals surface area contributed by atoms with Crippen LogP contribution in [-0.4, -0.2) is 32.7 Å². The van der Waals surface area contributed by atoms with Gasteiger partial charge in [0.05, 0.1) is 5.52 Å². The van der Waals surface area contributed by atoms with Crippen molar-refractivity contribution in [3.63, 3.8) is 0 Å². The Labute approximate surface area is 169 Å². The fourth-order valence-corrected chi connectivity index (χ4v) is 4.13. The van der Waals surface area contributed by atoms with Gasteiger partial charge in [-0.2, -0.15) is 0 Å². The number of carboxylic acids is 1. The van der Waals surface area contributed by atoms with E-state index in [1.54, 1.807) is 20.0 Å². The molecule has 3 rings (SSSR count). The van der Waals surface area contributed by atoms with Crippen LogP contribution < -0.4 is 5.32 Å². The van der Waals surface area contributed by atoms with E-state index in [0.717, 1.165) is 34.9 Å². The summed E-state index contributed by atoms with van der Waals surface area (Å²) in [6, 6.07) is 1.47. The molecule has 1 aromatic heterocycles. The number of hydrogen-bond donors (Lipinski definition) is 3. The van der Waals surface area contributed by atoms with Gasteiger partial charge in [-0.25, -0.2) is 9.18 Å². The van der Waals surface area contributed by atoms with Crippen molar-refractivity contribution in [1.82, 2.24) is 10.3 Å². The van der Waals surface area contributed by atoms with Crippen molar-refractivity contribution in [1.29, 1.82) is 0 Å². The maximum atomic E-state index is 14.2. The molecule has 1 heterocycles. The highest BCUT2D eigenvalue weighted by atomic mass is 19.1. The zero-order valence-corrected chi connectivity index (χ0v) is 17.0. The predicted octanol–water partition coefficient (Wildman–Crippen LogP) is 3.35. The van der Waals surface area contributed by atoms with Gasteiger partial charge >= 0.3 is 5.97 Å². The van der Waals surface area contributed by atoms with Crippen LogP contribution in [0.4, 0.5) is 4.39 Å². The molecule has 0 spiro atoms. The molecule has 0 aliphatic heterocycles. The topological polar surface area (TPSA) is 99.5 Å². The molecule has 0 saturated carbocycles. The lowest BCUT2D eigenvalue weighted by Crippen LogP contribution is -2.39. The van der Waals surface area contributed by atoms with Crippen molar-refractivity contribution in [2.24, 2.45) is 0 Å². The van der Waals surface area contributed by atoms with E-state index in [2.05, 4.69) is 17.2 Å². The largest absolute Gasteiger partial charge is 0.479 e. The smallest absolute Gasteiger partial charge is 0.335 e. The summed E-state index contributed by atoms with van der Waals surface area (Å²) in [6.45, 7) is 5.74. The summed E-state index contributed by atoms with van der Waals surface area (Å²) in [5.41, 5.74) is 2.36. The Morgan fingerprint density at radius 1 is 1.41 bits per heavy atom. The summed E-state index contributed by atoms with van der Waals surface area (Å²) < 4.78 is 14.2. The van der Waals surface area contributed by atoms with E-state index in [9.17, 15) is 19.1 Å². The van der Waals surface area contributed by atoms with E-state index in [4.69, 9.17) is 5.11 Å². The third kappa shape index (κ3) is 3.96. The molecule has 29 heavy (non-hydrogen) atoms. The first-order valence-electron chi connectivity index (χ1n) is 9.99. The summed E-state index contributed by atoms with van der Waals surface area (Å²) in [7, 11) is 0. The minimum atomic E-state index is -1.89. The quantitative estimate of drug-likeness (QED) is 0.660. The van der Waals surface area contributed by atoms with Gasteiger partial charge in [-0.15, -0.1) is 0 Å². The highest BCUT2D eigenvalue weighted by Crippen LogP contribution is 2.39. The third-order valence-electron chi connectivity index (χ3n) is 6.15. The molecule has 3 N–H and O–H groups in total. The number of aliphatic hydroxyl groups is 1. The van der Waals surface area contributed by atoms with Crippen LogP contribution in [0.25, 0.3) is 10.9 Å². The molecule has 1 aliphatic carbocycles. The van der Waals surface area contributed by atoms with E-state index < -0.39 is 11.6 Å². The molecule has 2 atom stereocenters. The van der Waals surface area contributed by atoms with E-state index in [1.165, 1.54) is 6.07 Å². The second-order valence-electron chi connectivity index (χ2n) is 7.96. The van der Waals surface area contributed by atoms with E-state index >= 15 is 0 Å². The molecule has 0 radical (unpaired) electrons. The van der Waals surface area contributed by atoms with Crippen LogP contribution in [0.3, 0.4) is 0 Å². The number of pyridine rings is 1. The average Bonchev–Trinajstić information content (AvgIpc) is 2.70. The molecule has 156 valence electrons. The van der Waals surface area contributed by atoms with Crippen molar-refractivity contribution in [3.05, 3.63) is 40.3 Å². The van der Waals surface area contributed by atoms with Gasteiger partial charge in [-0.3, -0.25) is 9.78 Å². The van der Waals surface area contributed by atoms with Crippen LogP contribution in [0.15, 0.2) is 12.3 Å². The van der Waals surface area contributed by atoms with Gasteiger partial charge in [0.2, 0.25) is 5.91 Å². The maximum absolute atomic E-state index is 14.2. The van der Waals surface area contributed by atoms with Crippen LogP contribution in [0, 0.1) is 12.7 Å². The number of hydrogen-bond acceptors (Lipinski definition) is 4. The molecule has 0 saturated heterocycles. The number of nitrogens with one attached hydrogen (secondary N) is 1. The second-order valence-corrected chi connectivity index (χ2v) is 7.96. The first-order chi connectivity index (χ1) is 13.7. The van der Waals surface area contributed by atoms with Crippen molar-refractivity contribution < 1.29 is 24.2 Å². The number of amides is 1. The number of nitrogens with zero attached hydrogens (tertiary/aromatic N) is 1. The molecule has 1 amide bonds. The van der Waals surface area contributed by atoms with Crippen LogP contribution >= 0.6 is 0 Å². The third-order valence-corrected chi connectivity index (χ3v) is 6.15. The number of aryl methyl sites for hydroxylation is 1. The van der Waals surface area contributed by atoms with Crippen LogP contribution in [0.1, 0.15) is 67.7 Å². The zero-order chi connectivity index (χ0) is 21.3. The minimum absolute atomic E-state index is 0.0323. The van der Waals surface area contributed by atoms with Gasteiger partial charge in [0, 0.05) is 30.6 Å². The summed E-state index contributed by atoms with van der Waals surface area (Å²) in [5.74, 6) is -1.63. The van der Waals surface area contributed by atoms with Crippen molar-refractivity contribution in [3.8, 4) is 0 Å². The summed E-state index contributed by atoms with van der Waals surface area (Å²) >= 11 is 0. The lowest BCUT2D eigenvalue weighted by molar-refractivity contribution is -0.159. The van der Waals surface area contributed by atoms with Crippen LogP contribution in [0.5, 0.6) is 0 Å². The van der Waals surface area contributed by atoms with Gasteiger partial charge in [0.15, 0.2) is 5.60 Å². The van der Waals surface area contributed by atoms with Gasteiger partial charge < -0.3 is 15.5 Å². The highest BCUT2D eigenvalue weighted by Gasteiger charge is 2.34. The highest BCUT2D eigenvalue weighted by molar-refractivity contribution is 5.89. The van der Waals surface area contributed by atoms with Crippen molar-refractivity contribution >= 4 is 22.8 Å². The van der Waals surface area contributed by atoms with E-state index in [1.807, 2.05) is 0 Å². The Morgan fingerprint density at radius 3 is 2.79 bits per heavy atom. The summed E-state index contributed by atoms with van der Waals surface area (Å²) in [6.07, 6.45) is 3.18. The second kappa shape index (κ2) is 8.06. The van der Waals surface area contributed by atoms with Crippen molar-refractivity contribution in [2.75, 3.05) is 0 Å². The molecule has 0 bridgehead atoms. The molecular weight excluding hydrogens is 375 g/mol. The zero-order valence-electron chi connectivity index (χ0n) is 17.0. The number of benzene rings is 1. The van der Waals surface area contributed by atoms with Gasteiger partial charge in [0.1, 0.15) is 5.82 Å². The average molecular weight is 402 g/mol. The number of aromatic nitrogens is 1. The number of carbonyl (C=O) groups excluding carboxylic acids is 1. The lowest BCUT2D eigenvalue weighted by Gasteiger charge is -2.27. The molecule has 0 unspecified atom stereocenters. The fourth-order valence-electron chi connectivity index (χ4n) is 4.13. The van der Waals surface area contributed by atoms with Crippen LogP contribution in [0.2, 0.25) is 0 Å². The molecule has 0 fully saturated rings. The number of halogens is 1. The summed E-state index contributed by atoms with van der Waals surface area (Å²) in [5, 5.41) is 22.9. The Kier molecular flexibility index (Phi) is 5.89. The molecular formula is C22H27FN2O4. The standard InChI is InChI=1S/C22H27FN2O4/c1-4-22(29,21(27)28)8-7-18(26)25-11-14-10-24-17-9-16(23)13(3)15-6-5-12(2)19(14)20(15)17/h9-10,12,29H,4-8,11H2,1-3H3,(H,25,26)(H,27,28)/t12-,22-/m0/s1. The van der Waals surface area contributed by atoms with Gasteiger partial charge in [-0.05, 0) is 60.8 Å². The molecule has 7 heteroatoms. The number of carbonyl (C=O) groups is 2. The van der Waals surface area contributed by atoms with Crippen molar-refractivity contribution in [2.45, 2.75) is 70.9 Å². The first-order valence-corrected chi connectivity index (χ1v) is 9.99. The predicted molar refractivity (Wildman–Crippen MR) is 107 cm³/mol. The number of carboxylic acid groups (broad SMARTS) is 1. The fraction of sp³-hybridized carbons (Fsp3) is 0.500. The van der Waals surface area contributed by atoms with E-state index in [-0.39, 0.29) is 43.4 Å². The SMILES string of the molecule is CC[C@](O)(CCC(=O)NCc1cnc2cc(F)c(C)c3c2c1[C@@H](C)CC3)C(=O)O. The Morgan fingerprint density at radius 2 is 2.14 bits per heavy atom. The minimum Gasteiger partial charge on any atom is -0.479 e. The normalized spacial score (nSPS) is 17.8. The van der Waals surface area contributed by atoms with Gasteiger partial charge in [0.25, 0.3) is 0 Å². The Balaban J connectivity index is 1.80. The Hall–Kier alpha value is -2.54. The Bertz CT molecular complexity index is 975. The molecule has 2 aromatic rings. The monoisotopic (exact) mass is 402 g/mol. The number of aliphatic carboxylic acids is 1. The molecule has 1 aromatic carbocycles. The molecule has 1 aliphatic rings. The first kappa shape index (κ1) is 21.2. The molecule has 6 nitrogen and oxygen atoms in total. The lowest BCUT2D eigenvalue weighted by atomic mass is 9.80. The maximum Gasteiger partial charge on any atom is 0.335 e. The van der Waals surface area contributed by atoms with Gasteiger partial charge in [-0.1, -0.05) is 13.8 Å².